The summed E-state index contributed by atoms with van der Waals surface area (Å²) in [4.78, 5) is 20.0. The van der Waals surface area contributed by atoms with E-state index in [2.05, 4.69) is 6.92 Å². The van der Waals surface area contributed by atoms with Gasteiger partial charge in [0.2, 0.25) is 0 Å². The summed E-state index contributed by atoms with van der Waals surface area (Å²) in [5, 5.41) is 13.9. The minimum atomic E-state index is -4.84. The zero-order valence-electron chi connectivity index (χ0n) is 13.0. The van der Waals surface area contributed by atoms with Gasteiger partial charge in [0, 0.05) is 0 Å². The molecule has 0 spiro atoms. The molecule has 1 unspecified atom stereocenters. The maximum Gasteiger partial charge on any atom is 0.325 e. The van der Waals surface area contributed by atoms with Crippen molar-refractivity contribution in [3.05, 3.63) is 0 Å². The molecule has 22 heavy (non-hydrogen) atoms. The Bertz CT molecular complexity index is 401. The summed E-state index contributed by atoms with van der Waals surface area (Å²) in [6.45, 7) is 4.25. The normalized spacial score (nSPS) is 12.2. The zero-order valence-corrected chi connectivity index (χ0v) is 17.0. The van der Waals surface area contributed by atoms with Crippen LogP contribution >= 0.6 is 0 Å². The average Bonchev–Trinajstić information content (AvgIpc) is 2.39. The molecule has 3 N–H and O–H groups in total. The van der Waals surface area contributed by atoms with E-state index in [1.54, 1.807) is 0 Å². The largest absolute Gasteiger partial charge is 0.481 e. The van der Waals surface area contributed by atoms with E-state index in [-0.39, 0.29) is 0 Å². The Morgan fingerprint density at radius 3 is 2.05 bits per heavy atom. The van der Waals surface area contributed by atoms with Gasteiger partial charge in [-0.1, -0.05) is 0 Å². The quantitative estimate of drug-likeness (QED) is 0.279. The van der Waals surface area contributed by atoms with Crippen molar-refractivity contribution < 1.29 is 37.5 Å². The molecule has 0 saturated carbocycles. The molecular weight excluding hydrogens is 343 g/mol. The van der Waals surface area contributed by atoms with Gasteiger partial charge in [-0.25, -0.2) is 0 Å². The van der Waals surface area contributed by atoms with Gasteiger partial charge >= 0.3 is 112 Å². The summed E-state index contributed by atoms with van der Waals surface area (Å²) in [6.07, 6.45) is 4.15. The first-order valence-electron chi connectivity index (χ1n) is 7.15. The van der Waals surface area contributed by atoms with E-state index in [0.29, 0.717) is 0 Å². The molecule has 0 saturated heterocycles. The Balaban J connectivity index is 0. The topological polar surface area (TPSA) is 138 Å². The Labute approximate surface area is 164 Å². The summed E-state index contributed by atoms with van der Waals surface area (Å²) in [6, 6.07) is 0. The van der Waals surface area contributed by atoms with Gasteiger partial charge in [0.05, 0.1) is 6.42 Å². The number of carboxylic acids is 2. The van der Waals surface area contributed by atoms with E-state index in [1.165, 1.54) is 26.2 Å². The smallest absolute Gasteiger partial charge is 0.325 e. The first-order chi connectivity index (χ1) is 10.2. The van der Waals surface area contributed by atoms with Crippen LogP contribution in [-0.2, 0) is 24.4 Å². The molecule has 0 aliphatic heterocycles. The van der Waals surface area contributed by atoms with Gasteiger partial charge in [-0.2, -0.15) is 8.42 Å². The van der Waals surface area contributed by atoms with E-state index >= 15 is 0 Å². The van der Waals surface area contributed by atoms with Crippen molar-refractivity contribution in [1.29, 1.82) is 0 Å². The molecule has 0 amide bonds. The van der Waals surface area contributed by atoms with Crippen LogP contribution in [0, 0.1) is 0 Å². The van der Waals surface area contributed by atoms with Crippen molar-refractivity contribution in [2.75, 3.05) is 13.2 Å². The SMILES string of the molecule is CCCCCCOC[CH2][K].O=C(O)CC(C(=O)O)S(=O)(=O)O. The molecule has 8 nitrogen and oxygen atoms in total. The molecule has 0 aromatic heterocycles. The van der Waals surface area contributed by atoms with Crippen LogP contribution in [0.25, 0.3) is 0 Å². The number of hydrogen-bond acceptors (Lipinski definition) is 5. The molecule has 1 atom stereocenters. The minimum absolute atomic E-state index is 0.983. The van der Waals surface area contributed by atoms with Gasteiger partial charge in [0.15, 0.2) is 5.25 Å². The van der Waals surface area contributed by atoms with Crippen LogP contribution in [0.2, 0.25) is 0.515 Å². The summed E-state index contributed by atoms with van der Waals surface area (Å²) in [5.41, 5.74) is 0. The van der Waals surface area contributed by atoms with Crippen molar-refractivity contribution in [3.8, 4) is 0 Å². The second-order valence-electron chi connectivity index (χ2n) is 4.61. The van der Waals surface area contributed by atoms with E-state index in [0.717, 1.165) is 62.2 Å². The zero-order chi connectivity index (χ0) is 17.6. The van der Waals surface area contributed by atoms with Crippen LogP contribution in [-0.4, -0.2) is 103 Å². The van der Waals surface area contributed by atoms with Crippen LogP contribution in [0.15, 0.2) is 0 Å². The number of rotatable bonds is 11. The maximum atomic E-state index is 10.2. The Morgan fingerprint density at radius 1 is 1.14 bits per heavy atom. The predicted molar refractivity (Wildman–Crippen MR) is 80.7 cm³/mol. The number of carbonyl (C=O) groups is 2. The molecule has 0 aliphatic carbocycles. The van der Waals surface area contributed by atoms with Gasteiger partial charge in [-0.05, 0) is 0 Å². The van der Waals surface area contributed by atoms with Gasteiger partial charge in [-0.3, -0.25) is 14.1 Å². The maximum absolute atomic E-state index is 10.2. The molecular formula is C12H23KO8S. The molecule has 0 aromatic rings. The molecule has 0 aliphatic rings. The summed E-state index contributed by atoms with van der Waals surface area (Å²) in [5.74, 6) is -3.50. The number of hydrogen-bond donors (Lipinski definition) is 3. The number of unbranched alkanes of at least 4 members (excludes halogenated alkanes) is 3. The van der Waals surface area contributed by atoms with Crippen LogP contribution < -0.4 is 0 Å². The molecule has 0 heterocycles. The van der Waals surface area contributed by atoms with Crippen LogP contribution in [0.3, 0.4) is 0 Å². The number of aliphatic carboxylic acids is 2. The molecule has 0 aromatic carbocycles. The molecule has 0 bridgehead atoms. The molecule has 0 fully saturated rings. The van der Waals surface area contributed by atoms with Crippen molar-refractivity contribution >= 4 is 71.0 Å². The van der Waals surface area contributed by atoms with E-state index in [1.807, 2.05) is 0 Å². The van der Waals surface area contributed by atoms with Gasteiger partial charge in [0.25, 0.3) is 10.1 Å². The predicted octanol–water partition coefficient (Wildman–Crippen LogP) is 0.972. The molecule has 10 heteroatoms. The second-order valence-corrected chi connectivity index (χ2v) is 7.77. The van der Waals surface area contributed by atoms with Gasteiger partial charge in [0.1, 0.15) is 0 Å². The molecule has 0 radical (unpaired) electrons. The van der Waals surface area contributed by atoms with Crippen molar-refractivity contribution in [1.82, 2.24) is 0 Å². The van der Waals surface area contributed by atoms with E-state index in [9.17, 15) is 18.0 Å². The number of carboxylic acid groups (broad SMARTS) is 2. The summed E-state index contributed by atoms with van der Waals surface area (Å²) >= 11 is 0.983. The van der Waals surface area contributed by atoms with Crippen molar-refractivity contribution in [2.45, 2.75) is 44.8 Å². The third-order valence-electron chi connectivity index (χ3n) is 2.49. The van der Waals surface area contributed by atoms with E-state index < -0.39 is 33.7 Å². The second kappa shape index (κ2) is 15.0. The Morgan fingerprint density at radius 2 is 1.73 bits per heavy atom. The third kappa shape index (κ3) is 16.8. The number of ether oxygens (including phenoxy) is 1. The van der Waals surface area contributed by atoms with Gasteiger partial charge < -0.3 is 10.2 Å². The monoisotopic (exact) mass is 366 g/mol. The fraction of sp³-hybridized carbons (Fsp3) is 0.833. The van der Waals surface area contributed by atoms with Crippen LogP contribution in [0.4, 0.5) is 0 Å². The van der Waals surface area contributed by atoms with Crippen molar-refractivity contribution in [3.63, 3.8) is 0 Å². The van der Waals surface area contributed by atoms with Gasteiger partial charge in [-0.15, -0.1) is 0 Å². The Hall–Kier alpha value is 0.446. The summed E-state index contributed by atoms with van der Waals surface area (Å²) < 4.78 is 35.4. The fourth-order valence-electron chi connectivity index (χ4n) is 1.36. The first kappa shape index (κ1) is 24.7. The van der Waals surface area contributed by atoms with Crippen LogP contribution in [0.1, 0.15) is 39.0 Å². The Kier molecular flexibility index (Phi) is 16.8. The standard InChI is InChI=1S/C8H17O.C4H6O7S.K/c1-3-5-6-7-8-9-4-2;5-3(6)1-2(4(7)8)12(9,10)11;/h2-8H2,1H3;2H,1H2,(H,5,6)(H,7,8)(H,9,10,11);. The van der Waals surface area contributed by atoms with Crippen molar-refractivity contribution in [2.24, 2.45) is 0 Å². The fourth-order valence-corrected chi connectivity index (χ4v) is 2.41. The van der Waals surface area contributed by atoms with E-state index in [4.69, 9.17) is 19.5 Å². The average molecular weight is 366 g/mol. The third-order valence-corrected chi connectivity index (χ3v) is 4.21. The minimum Gasteiger partial charge on any atom is -0.481 e. The molecule has 0 rings (SSSR count). The summed E-state index contributed by atoms with van der Waals surface area (Å²) in [7, 11) is -4.84. The molecule has 126 valence electrons. The van der Waals surface area contributed by atoms with Crippen LogP contribution in [0.5, 0.6) is 0 Å². The first-order valence-corrected chi connectivity index (χ1v) is 10.9.